The van der Waals surface area contributed by atoms with Crippen LogP contribution >= 0.6 is 15.9 Å². The monoisotopic (exact) mass is 310 g/mol. The number of pyridine rings is 1. The van der Waals surface area contributed by atoms with Gasteiger partial charge in [-0.15, -0.1) is 5.10 Å². The molecule has 5 nitrogen and oxygen atoms in total. The third kappa shape index (κ3) is 2.10. The van der Waals surface area contributed by atoms with Crippen LogP contribution in [0.15, 0.2) is 22.8 Å². The van der Waals surface area contributed by atoms with Crippen molar-refractivity contribution < 1.29 is 4.74 Å². The minimum atomic E-state index is 0.264. The van der Waals surface area contributed by atoms with E-state index in [2.05, 4.69) is 31.3 Å². The van der Waals surface area contributed by atoms with Crippen LogP contribution in [0, 0.1) is 0 Å². The Hall–Kier alpha value is -1.14. The van der Waals surface area contributed by atoms with E-state index in [1.807, 2.05) is 18.3 Å². The van der Waals surface area contributed by atoms with Gasteiger partial charge in [0.1, 0.15) is 0 Å². The Morgan fingerprint density at radius 1 is 1.50 bits per heavy atom. The predicted molar refractivity (Wildman–Crippen MR) is 72.7 cm³/mol. The Morgan fingerprint density at radius 2 is 2.39 bits per heavy atom. The summed E-state index contributed by atoms with van der Waals surface area (Å²) in [6.45, 7) is 0. The normalized spacial score (nSPS) is 23.7. The molecular formula is C12H15BrN4O. The van der Waals surface area contributed by atoms with Crippen molar-refractivity contribution in [2.24, 2.45) is 0 Å². The van der Waals surface area contributed by atoms with Crippen LogP contribution in [-0.2, 0) is 4.74 Å². The van der Waals surface area contributed by atoms with Gasteiger partial charge in [-0.2, -0.15) is 4.98 Å². The van der Waals surface area contributed by atoms with Crippen molar-refractivity contribution in [3.63, 3.8) is 0 Å². The summed E-state index contributed by atoms with van der Waals surface area (Å²) in [5, 5.41) is 7.78. The smallest absolute Gasteiger partial charge is 0.243 e. The summed E-state index contributed by atoms with van der Waals surface area (Å²) in [6.07, 6.45) is 5.55. The van der Waals surface area contributed by atoms with E-state index in [9.17, 15) is 0 Å². The van der Waals surface area contributed by atoms with Gasteiger partial charge in [0.05, 0.1) is 16.6 Å². The molecule has 0 bridgehead atoms. The van der Waals surface area contributed by atoms with Gasteiger partial charge in [0.2, 0.25) is 5.95 Å². The molecule has 2 atom stereocenters. The first-order valence-electron chi connectivity index (χ1n) is 6.08. The molecule has 2 aromatic rings. The summed E-state index contributed by atoms with van der Waals surface area (Å²) in [6, 6.07) is 4.20. The van der Waals surface area contributed by atoms with Gasteiger partial charge in [-0.3, -0.25) is 0 Å². The number of fused-ring (bicyclic) bond motifs is 1. The van der Waals surface area contributed by atoms with Crippen LogP contribution < -0.4 is 5.32 Å². The number of hydrogen-bond acceptors (Lipinski definition) is 4. The van der Waals surface area contributed by atoms with Crippen LogP contribution in [-0.4, -0.2) is 33.9 Å². The maximum absolute atomic E-state index is 5.46. The molecule has 0 aromatic carbocycles. The topological polar surface area (TPSA) is 51.5 Å². The molecule has 1 aliphatic rings. The Bertz CT molecular complexity index is 556. The molecule has 6 heteroatoms. The zero-order chi connectivity index (χ0) is 12.5. The summed E-state index contributed by atoms with van der Waals surface area (Å²) in [4.78, 5) is 4.48. The van der Waals surface area contributed by atoms with E-state index in [1.165, 1.54) is 6.42 Å². The molecule has 18 heavy (non-hydrogen) atoms. The lowest BCUT2D eigenvalue weighted by Gasteiger charge is -2.18. The van der Waals surface area contributed by atoms with E-state index >= 15 is 0 Å². The molecule has 1 fully saturated rings. The number of ether oxygens (including phenoxy) is 1. The minimum absolute atomic E-state index is 0.264. The lowest BCUT2D eigenvalue weighted by Crippen LogP contribution is -2.30. The molecule has 2 aromatic heterocycles. The first kappa shape index (κ1) is 11.9. The van der Waals surface area contributed by atoms with E-state index < -0.39 is 0 Å². The highest BCUT2D eigenvalue weighted by atomic mass is 79.9. The predicted octanol–water partition coefficient (Wildman–Crippen LogP) is 2.47. The van der Waals surface area contributed by atoms with E-state index in [-0.39, 0.29) is 6.10 Å². The SMILES string of the molecule is COC1CCCC1Nc1nc2c(Br)cccn2n1. The summed E-state index contributed by atoms with van der Waals surface area (Å²) in [5.74, 6) is 0.663. The molecule has 96 valence electrons. The van der Waals surface area contributed by atoms with Gasteiger partial charge in [0.15, 0.2) is 5.65 Å². The first-order valence-corrected chi connectivity index (χ1v) is 6.87. The number of rotatable bonds is 3. The maximum Gasteiger partial charge on any atom is 0.243 e. The molecule has 1 N–H and O–H groups in total. The minimum Gasteiger partial charge on any atom is -0.379 e. The fraction of sp³-hybridized carbons (Fsp3) is 0.500. The lowest BCUT2D eigenvalue weighted by molar-refractivity contribution is 0.101. The summed E-state index contributed by atoms with van der Waals surface area (Å²) >= 11 is 3.47. The summed E-state index contributed by atoms with van der Waals surface area (Å²) in [7, 11) is 1.76. The Balaban J connectivity index is 1.84. The second kappa shape index (κ2) is 4.85. The van der Waals surface area contributed by atoms with E-state index in [0.717, 1.165) is 23.0 Å². The van der Waals surface area contributed by atoms with Crippen molar-refractivity contribution in [3.8, 4) is 0 Å². The molecule has 0 spiro atoms. The third-order valence-electron chi connectivity index (χ3n) is 3.38. The van der Waals surface area contributed by atoms with Crippen molar-refractivity contribution in [2.75, 3.05) is 12.4 Å². The molecule has 1 aliphatic carbocycles. The van der Waals surface area contributed by atoms with E-state index in [1.54, 1.807) is 11.6 Å². The Kier molecular flexibility index (Phi) is 3.22. The van der Waals surface area contributed by atoms with Crippen LogP contribution in [0.2, 0.25) is 0 Å². The molecule has 0 amide bonds. The average molecular weight is 311 g/mol. The van der Waals surface area contributed by atoms with Crippen molar-refractivity contribution in [1.82, 2.24) is 14.6 Å². The van der Waals surface area contributed by atoms with Crippen molar-refractivity contribution >= 4 is 27.5 Å². The zero-order valence-corrected chi connectivity index (χ0v) is 11.7. The largest absolute Gasteiger partial charge is 0.379 e. The van der Waals surface area contributed by atoms with Crippen molar-refractivity contribution in [1.29, 1.82) is 0 Å². The molecule has 3 rings (SSSR count). The highest BCUT2D eigenvalue weighted by Gasteiger charge is 2.27. The second-order valence-corrected chi connectivity index (χ2v) is 5.37. The standard InChI is InChI=1S/C12H15BrN4O/c1-18-10-6-2-5-9(10)14-12-15-11-8(13)4-3-7-17(11)16-12/h3-4,7,9-10H,2,5-6H2,1H3,(H,14,16). The van der Waals surface area contributed by atoms with Crippen LogP contribution in [0.5, 0.6) is 0 Å². The quantitative estimate of drug-likeness (QED) is 0.946. The van der Waals surface area contributed by atoms with Gasteiger partial charge in [0, 0.05) is 13.3 Å². The van der Waals surface area contributed by atoms with Crippen LogP contribution in [0.3, 0.4) is 0 Å². The van der Waals surface area contributed by atoms with Crippen molar-refractivity contribution in [2.45, 2.75) is 31.4 Å². The number of hydrogen-bond donors (Lipinski definition) is 1. The van der Waals surface area contributed by atoms with Gasteiger partial charge in [-0.25, -0.2) is 4.52 Å². The molecule has 0 saturated heterocycles. The van der Waals surface area contributed by atoms with Gasteiger partial charge in [-0.1, -0.05) is 0 Å². The molecule has 0 aliphatic heterocycles. The van der Waals surface area contributed by atoms with Gasteiger partial charge >= 0.3 is 0 Å². The molecule has 0 radical (unpaired) electrons. The van der Waals surface area contributed by atoms with Crippen molar-refractivity contribution in [3.05, 3.63) is 22.8 Å². The fourth-order valence-electron chi connectivity index (χ4n) is 2.47. The number of halogens is 1. The Morgan fingerprint density at radius 3 is 3.17 bits per heavy atom. The summed E-state index contributed by atoms with van der Waals surface area (Å²) in [5.41, 5.74) is 0.826. The fourth-order valence-corrected chi connectivity index (χ4v) is 2.90. The molecule has 2 unspecified atom stereocenters. The molecule has 2 heterocycles. The van der Waals surface area contributed by atoms with Crippen LogP contribution in [0.4, 0.5) is 5.95 Å². The number of methoxy groups -OCH3 is 1. The highest BCUT2D eigenvalue weighted by molar-refractivity contribution is 9.10. The highest BCUT2D eigenvalue weighted by Crippen LogP contribution is 2.25. The average Bonchev–Trinajstić information content (AvgIpc) is 2.96. The third-order valence-corrected chi connectivity index (χ3v) is 4.00. The van der Waals surface area contributed by atoms with Gasteiger partial charge < -0.3 is 10.1 Å². The maximum atomic E-state index is 5.46. The van der Waals surface area contributed by atoms with E-state index in [0.29, 0.717) is 12.0 Å². The van der Waals surface area contributed by atoms with E-state index in [4.69, 9.17) is 4.74 Å². The number of nitrogens with zero attached hydrogens (tertiary/aromatic N) is 3. The first-order chi connectivity index (χ1) is 8.78. The Labute approximate surface area is 114 Å². The van der Waals surface area contributed by atoms with Gasteiger partial charge in [0.25, 0.3) is 0 Å². The van der Waals surface area contributed by atoms with Gasteiger partial charge in [-0.05, 0) is 47.3 Å². The van der Waals surface area contributed by atoms with Crippen LogP contribution in [0.1, 0.15) is 19.3 Å². The zero-order valence-electron chi connectivity index (χ0n) is 10.1. The van der Waals surface area contributed by atoms with Crippen LogP contribution in [0.25, 0.3) is 5.65 Å². The number of nitrogens with one attached hydrogen (secondary N) is 1. The molecule has 1 saturated carbocycles. The number of anilines is 1. The second-order valence-electron chi connectivity index (χ2n) is 4.52. The number of aromatic nitrogens is 3. The lowest BCUT2D eigenvalue weighted by atomic mass is 10.2. The summed E-state index contributed by atoms with van der Waals surface area (Å²) < 4.78 is 8.17. The molecular weight excluding hydrogens is 296 g/mol.